The predicted octanol–water partition coefficient (Wildman–Crippen LogP) is 2.12. The molecule has 0 saturated heterocycles. The van der Waals surface area contributed by atoms with E-state index < -0.39 is 18.6 Å². The molecule has 1 aromatic carbocycles. The van der Waals surface area contributed by atoms with E-state index in [2.05, 4.69) is 10.1 Å². The van der Waals surface area contributed by atoms with Crippen molar-refractivity contribution in [2.24, 2.45) is 5.73 Å². The van der Waals surface area contributed by atoms with Gasteiger partial charge in [0.2, 0.25) is 0 Å². The zero-order valence-corrected chi connectivity index (χ0v) is 11.6. The fourth-order valence-corrected chi connectivity index (χ4v) is 1.81. The Morgan fingerprint density at radius 3 is 2.71 bits per heavy atom. The van der Waals surface area contributed by atoms with Gasteiger partial charge in [0.25, 0.3) is 12.3 Å². The van der Waals surface area contributed by atoms with Crippen LogP contribution >= 0.6 is 0 Å². The van der Waals surface area contributed by atoms with Gasteiger partial charge in [0.15, 0.2) is 5.82 Å². The van der Waals surface area contributed by atoms with Gasteiger partial charge in [0.05, 0.1) is 6.61 Å². The molecule has 0 saturated carbocycles. The first kappa shape index (κ1) is 15.5. The summed E-state index contributed by atoms with van der Waals surface area (Å²) in [5, 5.41) is 3.79. The SMILES string of the molecule is CC(N)(c1ccccc1)c1nc(CCOCC(F)F)no1. The summed E-state index contributed by atoms with van der Waals surface area (Å²) >= 11 is 0. The van der Waals surface area contributed by atoms with Gasteiger partial charge in [0.1, 0.15) is 12.1 Å². The fourth-order valence-electron chi connectivity index (χ4n) is 1.81. The van der Waals surface area contributed by atoms with E-state index in [4.69, 9.17) is 15.0 Å². The van der Waals surface area contributed by atoms with Gasteiger partial charge >= 0.3 is 0 Å². The van der Waals surface area contributed by atoms with Crippen LogP contribution in [-0.2, 0) is 16.7 Å². The number of ether oxygens (including phenoxy) is 1. The lowest BCUT2D eigenvalue weighted by Gasteiger charge is -2.20. The smallest absolute Gasteiger partial charge is 0.261 e. The summed E-state index contributed by atoms with van der Waals surface area (Å²) in [6.07, 6.45) is -2.18. The van der Waals surface area contributed by atoms with Crippen LogP contribution in [0.2, 0.25) is 0 Å². The molecule has 0 aliphatic rings. The van der Waals surface area contributed by atoms with Gasteiger partial charge in [-0.1, -0.05) is 35.5 Å². The minimum atomic E-state index is -2.48. The van der Waals surface area contributed by atoms with Crippen molar-refractivity contribution in [2.75, 3.05) is 13.2 Å². The van der Waals surface area contributed by atoms with Crippen molar-refractivity contribution in [3.63, 3.8) is 0 Å². The van der Waals surface area contributed by atoms with Crippen molar-refractivity contribution < 1.29 is 18.0 Å². The molecule has 0 aliphatic heterocycles. The lowest BCUT2D eigenvalue weighted by molar-refractivity contribution is 0.0182. The van der Waals surface area contributed by atoms with E-state index in [1.807, 2.05) is 30.3 Å². The van der Waals surface area contributed by atoms with Crippen LogP contribution in [-0.4, -0.2) is 29.8 Å². The molecule has 5 nitrogen and oxygen atoms in total. The number of aromatic nitrogens is 2. The Kier molecular flexibility index (Phi) is 4.98. The Bertz CT molecular complexity index is 558. The van der Waals surface area contributed by atoms with Gasteiger partial charge in [-0.25, -0.2) is 8.78 Å². The molecule has 0 fully saturated rings. The number of hydrogen-bond acceptors (Lipinski definition) is 5. The quantitative estimate of drug-likeness (QED) is 0.792. The summed E-state index contributed by atoms with van der Waals surface area (Å²) in [6.45, 7) is 1.28. The summed E-state index contributed by atoms with van der Waals surface area (Å²) in [6, 6.07) is 9.37. The minimum absolute atomic E-state index is 0.107. The summed E-state index contributed by atoms with van der Waals surface area (Å²) in [5.74, 6) is 0.657. The number of benzene rings is 1. The topological polar surface area (TPSA) is 74.2 Å². The summed E-state index contributed by atoms with van der Waals surface area (Å²) in [4.78, 5) is 4.20. The first-order chi connectivity index (χ1) is 10.00. The second-order valence-corrected chi connectivity index (χ2v) is 4.80. The molecule has 1 atom stereocenters. The highest BCUT2D eigenvalue weighted by molar-refractivity contribution is 5.28. The Morgan fingerprint density at radius 1 is 1.33 bits per heavy atom. The molecule has 0 aliphatic carbocycles. The van der Waals surface area contributed by atoms with Gasteiger partial charge in [-0.3, -0.25) is 0 Å². The van der Waals surface area contributed by atoms with Crippen molar-refractivity contribution in [3.05, 3.63) is 47.6 Å². The van der Waals surface area contributed by atoms with Crippen LogP contribution in [0.25, 0.3) is 0 Å². The molecular formula is C14H17F2N3O2. The molecule has 0 spiro atoms. The number of alkyl halides is 2. The van der Waals surface area contributed by atoms with Gasteiger partial charge in [-0.15, -0.1) is 0 Å². The van der Waals surface area contributed by atoms with Crippen LogP contribution in [0.1, 0.15) is 24.2 Å². The second-order valence-electron chi connectivity index (χ2n) is 4.80. The highest BCUT2D eigenvalue weighted by atomic mass is 19.3. The maximum atomic E-state index is 11.9. The van der Waals surface area contributed by atoms with Crippen LogP contribution in [0, 0.1) is 0 Å². The van der Waals surface area contributed by atoms with Crippen LogP contribution in [0.5, 0.6) is 0 Å². The fraction of sp³-hybridized carbons (Fsp3) is 0.429. The average molecular weight is 297 g/mol. The molecule has 2 rings (SSSR count). The molecule has 1 aromatic heterocycles. The number of halogens is 2. The van der Waals surface area contributed by atoms with Crippen molar-refractivity contribution in [1.29, 1.82) is 0 Å². The maximum absolute atomic E-state index is 11.9. The van der Waals surface area contributed by atoms with E-state index in [-0.39, 0.29) is 12.5 Å². The van der Waals surface area contributed by atoms with Crippen LogP contribution < -0.4 is 5.73 Å². The number of nitrogens with two attached hydrogens (primary N) is 1. The number of nitrogens with zero attached hydrogens (tertiary/aromatic N) is 2. The molecular weight excluding hydrogens is 280 g/mol. The summed E-state index contributed by atoms with van der Waals surface area (Å²) < 4.78 is 33.8. The number of rotatable bonds is 7. The van der Waals surface area contributed by atoms with Crippen molar-refractivity contribution in [1.82, 2.24) is 10.1 Å². The van der Waals surface area contributed by atoms with E-state index in [0.29, 0.717) is 12.2 Å². The maximum Gasteiger partial charge on any atom is 0.261 e. The monoisotopic (exact) mass is 297 g/mol. The Hall–Kier alpha value is -1.86. The Balaban J connectivity index is 1.99. The molecule has 114 valence electrons. The molecule has 1 unspecified atom stereocenters. The summed E-state index contributed by atoms with van der Waals surface area (Å²) in [7, 11) is 0. The lowest BCUT2D eigenvalue weighted by Crippen LogP contribution is -2.34. The van der Waals surface area contributed by atoms with E-state index in [1.165, 1.54) is 0 Å². The van der Waals surface area contributed by atoms with Crippen molar-refractivity contribution >= 4 is 0 Å². The van der Waals surface area contributed by atoms with Crippen molar-refractivity contribution in [3.8, 4) is 0 Å². The molecule has 21 heavy (non-hydrogen) atoms. The third-order valence-electron chi connectivity index (χ3n) is 3.00. The van der Waals surface area contributed by atoms with Crippen LogP contribution in [0.3, 0.4) is 0 Å². The largest absolute Gasteiger partial charge is 0.375 e. The van der Waals surface area contributed by atoms with E-state index >= 15 is 0 Å². The molecule has 2 aromatic rings. The molecule has 7 heteroatoms. The average Bonchev–Trinajstić information content (AvgIpc) is 2.94. The zero-order chi connectivity index (χ0) is 15.3. The third-order valence-corrected chi connectivity index (χ3v) is 3.00. The molecule has 2 N–H and O–H groups in total. The lowest BCUT2D eigenvalue weighted by atomic mass is 9.93. The number of hydrogen-bond donors (Lipinski definition) is 1. The van der Waals surface area contributed by atoms with Gasteiger partial charge < -0.3 is 15.0 Å². The highest BCUT2D eigenvalue weighted by Crippen LogP contribution is 2.24. The first-order valence-corrected chi connectivity index (χ1v) is 6.53. The molecule has 0 amide bonds. The van der Waals surface area contributed by atoms with Gasteiger partial charge in [0, 0.05) is 6.42 Å². The van der Waals surface area contributed by atoms with Gasteiger partial charge in [-0.2, -0.15) is 4.98 Å². The van der Waals surface area contributed by atoms with E-state index in [0.717, 1.165) is 5.56 Å². The van der Waals surface area contributed by atoms with Gasteiger partial charge in [-0.05, 0) is 12.5 Å². The van der Waals surface area contributed by atoms with Crippen LogP contribution in [0.4, 0.5) is 8.78 Å². The molecule has 0 radical (unpaired) electrons. The second kappa shape index (κ2) is 6.73. The van der Waals surface area contributed by atoms with Crippen molar-refractivity contribution in [2.45, 2.75) is 25.3 Å². The predicted molar refractivity (Wildman–Crippen MR) is 71.9 cm³/mol. The van der Waals surface area contributed by atoms with Crippen LogP contribution in [0.15, 0.2) is 34.9 Å². The van der Waals surface area contributed by atoms with E-state index in [1.54, 1.807) is 6.92 Å². The van der Waals surface area contributed by atoms with E-state index in [9.17, 15) is 8.78 Å². The zero-order valence-electron chi connectivity index (χ0n) is 11.6. The highest BCUT2D eigenvalue weighted by Gasteiger charge is 2.30. The minimum Gasteiger partial charge on any atom is -0.375 e. The normalized spacial score (nSPS) is 14.3. The Labute approximate surface area is 121 Å². The Morgan fingerprint density at radius 2 is 2.05 bits per heavy atom. The molecule has 0 bridgehead atoms. The summed E-state index contributed by atoms with van der Waals surface area (Å²) in [5.41, 5.74) is 6.18. The first-order valence-electron chi connectivity index (χ1n) is 6.53. The standard InChI is InChI=1S/C14H17F2N3O2/c1-14(17,10-5-3-2-4-6-10)13-18-12(19-21-13)7-8-20-9-11(15)16/h2-6,11H,7-9,17H2,1H3. The third kappa shape index (κ3) is 4.05. The molecule has 1 heterocycles.